The van der Waals surface area contributed by atoms with Crippen LogP contribution in [0.15, 0.2) is 18.2 Å². The largest absolute Gasteiger partial charge is 0.395 e. The molecule has 3 N–H and O–H groups in total. The Kier molecular flexibility index (Phi) is 6.98. The molecule has 1 aromatic carbocycles. The van der Waals surface area contributed by atoms with E-state index >= 15 is 0 Å². The SMILES string of the molecule is CC(C)(C)[C@@H](NC(=O)n1nc(-c2ccc(Cl)cc2F)c2c1COCC2)C(=O)NCCO. The Morgan fingerprint density at radius 2 is 2.13 bits per heavy atom. The second kappa shape index (κ2) is 9.33. The normalized spacial score (nSPS) is 14.6. The van der Waals surface area contributed by atoms with Gasteiger partial charge in [0.25, 0.3) is 0 Å². The Labute approximate surface area is 184 Å². The number of ether oxygens (including phenoxy) is 1. The summed E-state index contributed by atoms with van der Waals surface area (Å²) in [7, 11) is 0. The molecule has 8 nitrogen and oxygen atoms in total. The fourth-order valence-corrected chi connectivity index (χ4v) is 3.61. The first-order chi connectivity index (χ1) is 14.6. The van der Waals surface area contributed by atoms with Gasteiger partial charge in [-0.2, -0.15) is 9.78 Å². The molecule has 0 aliphatic carbocycles. The van der Waals surface area contributed by atoms with Gasteiger partial charge in [-0.15, -0.1) is 0 Å². The summed E-state index contributed by atoms with van der Waals surface area (Å²) in [6.45, 7) is 5.87. The molecule has 1 aromatic heterocycles. The van der Waals surface area contributed by atoms with Gasteiger partial charge in [-0.25, -0.2) is 9.18 Å². The van der Waals surface area contributed by atoms with Crippen molar-refractivity contribution < 1.29 is 23.8 Å². The number of aliphatic hydroxyl groups is 1. The number of benzene rings is 1. The van der Waals surface area contributed by atoms with Gasteiger partial charge in [0.2, 0.25) is 5.91 Å². The summed E-state index contributed by atoms with van der Waals surface area (Å²) in [4.78, 5) is 25.7. The number of hydrogen-bond donors (Lipinski definition) is 3. The number of nitrogens with zero attached hydrogens (tertiary/aromatic N) is 2. The van der Waals surface area contributed by atoms with Crippen LogP contribution in [0.5, 0.6) is 0 Å². The van der Waals surface area contributed by atoms with Crippen LogP contribution < -0.4 is 10.6 Å². The Morgan fingerprint density at radius 1 is 1.39 bits per heavy atom. The second-order valence-corrected chi connectivity index (χ2v) is 8.81. The molecule has 31 heavy (non-hydrogen) atoms. The highest BCUT2D eigenvalue weighted by Gasteiger charge is 2.34. The topological polar surface area (TPSA) is 105 Å². The molecule has 1 aliphatic rings. The Balaban J connectivity index is 1.97. The van der Waals surface area contributed by atoms with Crippen molar-refractivity contribution in [1.82, 2.24) is 20.4 Å². The molecule has 0 bridgehead atoms. The fraction of sp³-hybridized carbons (Fsp3) is 0.476. The van der Waals surface area contributed by atoms with E-state index in [9.17, 15) is 14.0 Å². The van der Waals surface area contributed by atoms with Crippen molar-refractivity contribution in [3.8, 4) is 11.3 Å². The lowest BCUT2D eigenvalue weighted by Crippen LogP contribution is -2.55. The summed E-state index contributed by atoms with van der Waals surface area (Å²) in [6, 6.07) is 2.78. The van der Waals surface area contributed by atoms with Crippen molar-refractivity contribution >= 4 is 23.5 Å². The monoisotopic (exact) mass is 452 g/mol. The van der Waals surface area contributed by atoms with Gasteiger partial charge < -0.3 is 20.5 Å². The van der Waals surface area contributed by atoms with Gasteiger partial charge in [-0.05, 0) is 30.0 Å². The van der Waals surface area contributed by atoms with Gasteiger partial charge in [0, 0.05) is 22.7 Å². The van der Waals surface area contributed by atoms with Crippen molar-refractivity contribution in [2.45, 2.75) is 39.8 Å². The summed E-state index contributed by atoms with van der Waals surface area (Å²) in [5.74, 6) is -0.959. The summed E-state index contributed by atoms with van der Waals surface area (Å²) >= 11 is 5.87. The van der Waals surface area contributed by atoms with Crippen LogP contribution in [-0.2, 0) is 22.6 Å². The lowest BCUT2D eigenvalue weighted by molar-refractivity contribution is -0.125. The van der Waals surface area contributed by atoms with Crippen molar-refractivity contribution in [3.05, 3.63) is 40.3 Å². The number of hydrogen-bond acceptors (Lipinski definition) is 5. The van der Waals surface area contributed by atoms with Gasteiger partial charge in [-0.1, -0.05) is 32.4 Å². The zero-order valence-corrected chi connectivity index (χ0v) is 18.4. The molecule has 168 valence electrons. The van der Waals surface area contributed by atoms with E-state index in [1.165, 1.54) is 12.1 Å². The molecule has 1 atom stereocenters. The van der Waals surface area contributed by atoms with Crippen LogP contribution in [0.2, 0.25) is 5.02 Å². The number of amides is 2. The highest BCUT2D eigenvalue weighted by molar-refractivity contribution is 6.30. The summed E-state index contributed by atoms with van der Waals surface area (Å²) in [5, 5.41) is 18.9. The average molecular weight is 453 g/mol. The molecule has 2 heterocycles. The van der Waals surface area contributed by atoms with E-state index in [1.807, 2.05) is 20.8 Å². The van der Waals surface area contributed by atoms with E-state index in [0.29, 0.717) is 24.4 Å². The van der Waals surface area contributed by atoms with E-state index in [0.717, 1.165) is 10.2 Å². The molecule has 3 rings (SSSR count). The lowest BCUT2D eigenvalue weighted by atomic mass is 9.86. The van der Waals surface area contributed by atoms with Crippen LogP contribution in [0.1, 0.15) is 32.0 Å². The third kappa shape index (κ3) is 5.06. The van der Waals surface area contributed by atoms with Gasteiger partial charge in [0.15, 0.2) is 0 Å². The minimum Gasteiger partial charge on any atom is -0.395 e. The quantitative estimate of drug-likeness (QED) is 0.646. The standard InChI is InChI=1S/C21H26ClFN4O4/c1-21(2,3)18(19(29)24-7-8-28)25-20(30)27-16-11-31-9-6-14(16)17(26-27)13-5-4-12(22)10-15(13)23/h4-5,10,18,28H,6-9,11H2,1-3H3,(H,24,29)(H,25,30)/t18-/m0/s1. The Hall–Kier alpha value is -2.49. The zero-order chi connectivity index (χ0) is 22.8. The molecular formula is C21H26ClFN4O4. The van der Waals surface area contributed by atoms with E-state index in [1.54, 1.807) is 6.07 Å². The van der Waals surface area contributed by atoms with Gasteiger partial charge in [0.05, 0.1) is 31.2 Å². The van der Waals surface area contributed by atoms with E-state index in [-0.39, 0.29) is 30.3 Å². The molecule has 0 spiro atoms. The van der Waals surface area contributed by atoms with Crippen LogP contribution in [0.25, 0.3) is 11.3 Å². The minimum atomic E-state index is -0.883. The molecule has 0 saturated heterocycles. The van der Waals surface area contributed by atoms with E-state index in [4.69, 9.17) is 21.4 Å². The van der Waals surface area contributed by atoms with Crippen LogP contribution in [0, 0.1) is 11.2 Å². The predicted molar refractivity (Wildman–Crippen MR) is 113 cm³/mol. The highest BCUT2D eigenvalue weighted by Crippen LogP contribution is 2.32. The number of carbonyl (C=O) groups excluding carboxylic acids is 2. The molecule has 2 amide bonds. The van der Waals surface area contributed by atoms with Crippen molar-refractivity contribution in [2.24, 2.45) is 5.41 Å². The smallest absolute Gasteiger partial charge is 0.343 e. The summed E-state index contributed by atoms with van der Waals surface area (Å²) < 4.78 is 21.2. The number of carbonyl (C=O) groups is 2. The molecule has 0 fully saturated rings. The maximum Gasteiger partial charge on any atom is 0.343 e. The number of aromatic nitrogens is 2. The van der Waals surface area contributed by atoms with Crippen molar-refractivity contribution in [1.29, 1.82) is 0 Å². The van der Waals surface area contributed by atoms with E-state index in [2.05, 4.69) is 15.7 Å². The predicted octanol–water partition coefficient (Wildman–Crippen LogP) is 2.50. The Morgan fingerprint density at radius 3 is 2.77 bits per heavy atom. The van der Waals surface area contributed by atoms with Gasteiger partial charge in [0.1, 0.15) is 11.9 Å². The Bertz CT molecular complexity index is 986. The second-order valence-electron chi connectivity index (χ2n) is 8.38. The van der Waals surface area contributed by atoms with Crippen molar-refractivity contribution in [2.75, 3.05) is 19.8 Å². The summed E-state index contributed by atoms with van der Waals surface area (Å²) in [5.41, 5.74) is 1.21. The maximum absolute atomic E-state index is 14.6. The number of fused-ring (bicyclic) bond motifs is 1. The third-order valence-corrected chi connectivity index (χ3v) is 5.25. The van der Waals surface area contributed by atoms with Gasteiger partial charge in [-0.3, -0.25) is 4.79 Å². The fourth-order valence-electron chi connectivity index (χ4n) is 3.45. The first-order valence-electron chi connectivity index (χ1n) is 9.97. The summed E-state index contributed by atoms with van der Waals surface area (Å²) in [6.07, 6.45) is 0.472. The van der Waals surface area contributed by atoms with Crippen molar-refractivity contribution in [3.63, 3.8) is 0 Å². The van der Waals surface area contributed by atoms with Crippen LogP contribution >= 0.6 is 11.6 Å². The molecule has 0 radical (unpaired) electrons. The third-order valence-electron chi connectivity index (χ3n) is 5.01. The first kappa shape index (κ1) is 23.2. The number of halogens is 2. The van der Waals surface area contributed by atoms with E-state index < -0.39 is 29.2 Å². The van der Waals surface area contributed by atoms with Gasteiger partial charge >= 0.3 is 6.03 Å². The zero-order valence-electron chi connectivity index (χ0n) is 17.7. The molecule has 0 unspecified atom stereocenters. The van der Waals surface area contributed by atoms with Crippen LogP contribution in [0.3, 0.4) is 0 Å². The first-order valence-corrected chi connectivity index (χ1v) is 10.3. The number of nitrogens with one attached hydrogen (secondary N) is 2. The molecule has 2 aromatic rings. The average Bonchev–Trinajstić information content (AvgIpc) is 3.09. The van der Waals surface area contributed by atoms with Crippen LogP contribution in [0.4, 0.5) is 9.18 Å². The molecular weight excluding hydrogens is 427 g/mol. The minimum absolute atomic E-state index is 0.0757. The maximum atomic E-state index is 14.6. The number of rotatable bonds is 5. The molecule has 10 heteroatoms. The lowest BCUT2D eigenvalue weighted by Gasteiger charge is -2.30. The molecule has 1 aliphatic heterocycles. The molecule has 0 saturated carbocycles. The number of aliphatic hydroxyl groups excluding tert-OH is 1. The highest BCUT2D eigenvalue weighted by atomic mass is 35.5. The van der Waals surface area contributed by atoms with Crippen LogP contribution in [-0.4, -0.2) is 52.6 Å².